The second kappa shape index (κ2) is 5.36. The maximum Gasteiger partial charge on any atom is 0.151 e. The second-order valence-electron chi connectivity index (χ2n) is 4.86. The van der Waals surface area contributed by atoms with Crippen LogP contribution in [0, 0.1) is 5.82 Å². The molecule has 1 aliphatic heterocycles. The Morgan fingerprint density at radius 3 is 2.78 bits per heavy atom. The molecule has 0 saturated carbocycles. The summed E-state index contributed by atoms with van der Waals surface area (Å²) in [6.07, 6.45) is 1.52. The zero-order valence-electron chi connectivity index (χ0n) is 10.4. The lowest BCUT2D eigenvalue weighted by Gasteiger charge is -2.27. The summed E-state index contributed by atoms with van der Waals surface area (Å²) in [5.41, 5.74) is 0.584. The molecule has 0 radical (unpaired) electrons. The van der Waals surface area contributed by atoms with E-state index in [4.69, 9.17) is 0 Å². The number of rotatable bonds is 3. The molecule has 2 unspecified atom stereocenters. The van der Waals surface area contributed by atoms with Crippen LogP contribution in [0.4, 0.5) is 4.39 Å². The van der Waals surface area contributed by atoms with Crippen molar-refractivity contribution in [1.82, 2.24) is 5.32 Å². The summed E-state index contributed by atoms with van der Waals surface area (Å²) in [5, 5.41) is 3.21. The van der Waals surface area contributed by atoms with Gasteiger partial charge in [-0.2, -0.15) is 0 Å². The van der Waals surface area contributed by atoms with Crippen molar-refractivity contribution >= 4 is 9.84 Å². The van der Waals surface area contributed by atoms with Gasteiger partial charge in [-0.3, -0.25) is 0 Å². The maximum atomic E-state index is 13.6. The molecule has 5 heteroatoms. The van der Waals surface area contributed by atoms with Crippen LogP contribution < -0.4 is 5.32 Å². The Hall–Kier alpha value is -0.940. The molecule has 1 aliphatic rings. The van der Waals surface area contributed by atoms with Gasteiger partial charge in [0.15, 0.2) is 9.84 Å². The third-order valence-electron chi connectivity index (χ3n) is 3.32. The van der Waals surface area contributed by atoms with Gasteiger partial charge >= 0.3 is 0 Å². The normalized spacial score (nSPS) is 24.7. The Bertz CT molecular complexity index is 515. The third kappa shape index (κ3) is 3.29. The predicted octanol–water partition coefficient (Wildman–Crippen LogP) is 2.05. The Morgan fingerprint density at radius 1 is 1.39 bits per heavy atom. The number of nitrogens with one attached hydrogen (secondary N) is 1. The fourth-order valence-electron chi connectivity index (χ4n) is 2.42. The van der Waals surface area contributed by atoms with Crippen LogP contribution in [0.15, 0.2) is 24.3 Å². The topological polar surface area (TPSA) is 46.2 Å². The Morgan fingerprint density at radius 2 is 2.11 bits per heavy atom. The monoisotopic (exact) mass is 271 g/mol. The molecule has 0 amide bonds. The van der Waals surface area contributed by atoms with E-state index in [1.54, 1.807) is 18.2 Å². The molecule has 1 N–H and O–H groups in total. The first kappa shape index (κ1) is 13.5. The molecular weight excluding hydrogens is 253 g/mol. The van der Waals surface area contributed by atoms with Gasteiger partial charge in [-0.05, 0) is 25.8 Å². The highest BCUT2D eigenvalue weighted by molar-refractivity contribution is 7.91. The van der Waals surface area contributed by atoms with Crippen LogP contribution in [0.2, 0.25) is 0 Å². The van der Waals surface area contributed by atoms with Crippen LogP contribution in [0.1, 0.15) is 31.4 Å². The lowest BCUT2D eigenvalue weighted by molar-refractivity contribution is 0.428. The van der Waals surface area contributed by atoms with E-state index < -0.39 is 9.84 Å². The predicted molar refractivity (Wildman–Crippen MR) is 69.6 cm³/mol. The highest BCUT2D eigenvalue weighted by Crippen LogP contribution is 2.20. The molecule has 2 rings (SSSR count). The van der Waals surface area contributed by atoms with E-state index in [1.165, 1.54) is 6.07 Å². The van der Waals surface area contributed by atoms with Gasteiger partial charge in [-0.25, -0.2) is 12.8 Å². The van der Waals surface area contributed by atoms with E-state index in [0.29, 0.717) is 12.0 Å². The van der Waals surface area contributed by atoms with E-state index in [0.717, 1.165) is 6.42 Å². The van der Waals surface area contributed by atoms with Crippen molar-refractivity contribution in [1.29, 1.82) is 0 Å². The van der Waals surface area contributed by atoms with Crippen molar-refractivity contribution in [3.05, 3.63) is 35.6 Å². The summed E-state index contributed by atoms with van der Waals surface area (Å²) in [5.74, 6) is 0.182. The third-order valence-corrected chi connectivity index (χ3v) is 5.14. The van der Waals surface area contributed by atoms with Gasteiger partial charge in [0, 0.05) is 17.6 Å². The first-order valence-electron chi connectivity index (χ1n) is 6.19. The summed E-state index contributed by atoms with van der Waals surface area (Å²) in [6, 6.07) is 6.34. The molecule has 2 atom stereocenters. The molecule has 18 heavy (non-hydrogen) atoms. The summed E-state index contributed by atoms with van der Waals surface area (Å²) in [7, 11) is -2.93. The molecule has 1 aromatic rings. The average Bonchev–Trinajstić information content (AvgIpc) is 2.28. The average molecular weight is 271 g/mol. The largest absolute Gasteiger partial charge is 0.306 e. The molecule has 0 aromatic heterocycles. The standard InChI is InChI=1S/C13H18FNO2S/c1-10(12-6-2-3-7-13(12)14)15-11-5-4-8-18(16,17)9-11/h2-3,6-7,10-11,15H,4-5,8-9H2,1H3. The van der Waals surface area contributed by atoms with Crippen molar-refractivity contribution in [3.8, 4) is 0 Å². The lowest BCUT2D eigenvalue weighted by atomic mass is 10.1. The fraction of sp³-hybridized carbons (Fsp3) is 0.538. The number of sulfone groups is 1. The number of benzene rings is 1. The number of hydrogen-bond donors (Lipinski definition) is 1. The Labute approximate surface area is 107 Å². The van der Waals surface area contributed by atoms with Gasteiger partial charge in [0.1, 0.15) is 5.82 Å². The smallest absolute Gasteiger partial charge is 0.151 e. The van der Waals surface area contributed by atoms with Crippen molar-refractivity contribution in [2.75, 3.05) is 11.5 Å². The highest BCUT2D eigenvalue weighted by Gasteiger charge is 2.26. The molecule has 0 aliphatic carbocycles. The van der Waals surface area contributed by atoms with Gasteiger partial charge in [0.2, 0.25) is 0 Å². The molecule has 100 valence electrons. The van der Waals surface area contributed by atoms with Crippen molar-refractivity contribution in [2.45, 2.75) is 31.8 Å². The van der Waals surface area contributed by atoms with Crippen LogP contribution >= 0.6 is 0 Å². The van der Waals surface area contributed by atoms with E-state index in [9.17, 15) is 12.8 Å². The molecule has 3 nitrogen and oxygen atoms in total. The molecular formula is C13H18FNO2S. The van der Waals surface area contributed by atoms with Gasteiger partial charge in [0.25, 0.3) is 0 Å². The van der Waals surface area contributed by atoms with Gasteiger partial charge in [-0.1, -0.05) is 18.2 Å². The summed E-state index contributed by atoms with van der Waals surface area (Å²) in [4.78, 5) is 0. The number of hydrogen-bond acceptors (Lipinski definition) is 3. The van der Waals surface area contributed by atoms with Gasteiger partial charge < -0.3 is 5.32 Å². The zero-order valence-corrected chi connectivity index (χ0v) is 11.2. The number of halogens is 1. The van der Waals surface area contributed by atoms with Crippen LogP contribution in [0.25, 0.3) is 0 Å². The molecule has 1 saturated heterocycles. The minimum Gasteiger partial charge on any atom is -0.306 e. The van der Waals surface area contributed by atoms with E-state index in [-0.39, 0.29) is 29.4 Å². The minimum atomic E-state index is -2.93. The van der Waals surface area contributed by atoms with Gasteiger partial charge in [0.05, 0.1) is 11.5 Å². The van der Waals surface area contributed by atoms with Gasteiger partial charge in [-0.15, -0.1) is 0 Å². The summed E-state index contributed by atoms with van der Waals surface area (Å²) >= 11 is 0. The van der Waals surface area contributed by atoms with Crippen molar-refractivity contribution < 1.29 is 12.8 Å². The minimum absolute atomic E-state index is 0.0710. The molecule has 1 aromatic carbocycles. The van der Waals surface area contributed by atoms with Crippen molar-refractivity contribution in [3.63, 3.8) is 0 Å². The SMILES string of the molecule is CC(NC1CCCS(=O)(=O)C1)c1ccccc1F. The zero-order chi connectivity index (χ0) is 13.2. The molecule has 0 spiro atoms. The highest BCUT2D eigenvalue weighted by atomic mass is 32.2. The maximum absolute atomic E-state index is 13.6. The van der Waals surface area contributed by atoms with E-state index >= 15 is 0 Å². The first-order valence-corrected chi connectivity index (χ1v) is 8.01. The van der Waals surface area contributed by atoms with Crippen LogP contribution in [0.5, 0.6) is 0 Å². The second-order valence-corrected chi connectivity index (χ2v) is 7.09. The molecule has 1 heterocycles. The van der Waals surface area contributed by atoms with Crippen LogP contribution in [0.3, 0.4) is 0 Å². The molecule has 1 fully saturated rings. The van der Waals surface area contributed by atoms with E-state index in [1.807, 2.05) is 6.92 Å². The summed E-state index contributed by atoms with van der Waals surface area (Å²) < 4.78 is 36.7. The summed E-state index contributed by atoms with van der Waals surface area (Å²) in [6.45, 7) is 1.86. The van der Waals surface area contributed by atoms with Crippen LogP contribution in [-0.4, -0.2) is 26.0 Å². The lowest BCUT2D eigenvalue weighted by Crippen LogP contribution is -2.41. The fourth-order valence-corrected chi connectivity index (χ4v) is 4.07. The quantitative estimate of drug-likeness (QED) is 0.915. The van der Waals surface area contributed by atoms with E-state index in [2.05, 4.69) is 5.32 Å². The van der Waals surface area contributed by atoms with Crippen molar-refractivity contribution in [2.24, 2.45) is 0 Å². The first-order chi connectivity index (χ1) is 8.48. The Kier molecular flexibility index (Phi) is 4.02. The van der Waals surface area contributed by atoms with Crippen LogP contribution in [-0.2, 0) is 9.84 Å². The Balaban J connectivity index is 2.04. The molecule has 0 bridgehead atoms.